The van der Waals surface area contributed by atoms with Crippen LogP contribution in [0, 0.1) is 5.92 Å². The van der Waals surface area contributed by atoms with Gasteiger partial charge in [0.15, 0.2) is 0 Å². The van der Waals surface area contributed by atoms with Crippen molar-refractivity contribution in [2.75, 3.05) is 32.8 Å². The average Bonchev–Trinajstić information content (AvgIpc) is 2.84. The number of piperidine rings is 1. The van der Waals surface area contributed by atoms with Gasteiger partial charge in [-0.3, -0.25) is 9.59 Å². The number of amides is 1. The molecular weight excluding hydrogens is 476 g/mol. The lowest BCUT2D eigenvalue weighted by Gasteiger charge is -2.45. The molecule has 1 heterocycles. The Morgan fingerprint density at radius 1 is 1.17 bits per heavy atom. The minimum Gasteiger partial charge on any atom is -0.508 e. The number of hydrogen-bond donors (Lipinski definition) is 1. The molecule has 1 aliphatic heterocycles. The summed E-state index contributed by atoms with van der Waals surface area (Å²) in [5, 5.41) is 9.96. The third kappa shape index (κ3) is 8.37. The van der Waals surface area contributed by atoms with E-state index in [0.29, 0.717) is 43.6 Å². The fourth-order valence-corrected chi connectivity index (χ4v) is 5.94. The summed E-state index contributed by atoms with van der Waals surface area (Å²) < 4.78 is 5.01. The zero-order valence-corrected chi connectivity index (χ0v) is 23.4. The third-order valence-electron chi connectivity index (χ3n) is 8.36. The van der Waals surface area contributed by atoms with Gasteiger partial charge >= 0.3 is 5.97 Å². The van der Waals surface area contributed by atoms with Crippen LogP contribution < -0.4 is 0 Å². The van der Waals surface area contributed by atoms with E-state index in [4.69, 9.17) is 4.74 Å². The van der Waals surface area contributed by atoms with E-state index in [-0.39, 0.29) is 29.7 Å². The Hall–Kier alpha value is -1.79. The van der Waals surface area contributed by atoms with Crippen molar-refractivity contribution in [2.45, 2.75) is 96.4 Å². The molecular formula is C29H47ClN2O4. The number of carbonyl (C=O) groups is 2. The van der Waals surface area contributed by atoms with Crippen LogP contribution in [0.2, 0.25) is 0 Å². The minimum absolute atomic E-state index is 0. The van der Waals surface area contributed by atoms with E-state index < -0.39 is 0 Å². The molecule has 0 aromatic heterocycles. The standard InChI is InChI=1S/C29H46N2O4.ClH/c1-4-35-28(34)16-9-15-27(33)31(25-12-6-5-7-13-25)19-10-18-30-20-17-29(3,23(2)22-30)24-11-8-14-26(32)21-24;/h8,11,14,21,23,25,32H,4-7,9-10,12-13,15-20,22H2,1-3H3;1H. The molecule has 2 atom stereocenters. The summed E-state index contributed by atoms with van der Waals surface area (Å²) in [5.74, 6) is 0.816. The quantitative estimate of drug-likeness (QED) is 0.377. The molecule has 7 heteroatoms. The van der Waals surface area contributed by atoms with E-state index in [0.717, 1.165) is 51.9 Å². The van der Waals surface area contributed by atoms with Crippen molar-refractivity contribution in [3.05, 3.63) is 29.8 Å². The summed E-state index contributed by atoms with van der Waals surface area (Å²) in [7, 11) is 0. The number of hydrogen-bond acceptors (Lipinski definition) is 5. The van der Waals surface area contributed by atoms with E-state index in [1.165, 1.54) is 24.8 Å². The highest BCUT2D eigenvalue weighted by Gasteiger charge is 2.38. The van der Waals surface area contributed by atoms with Crippen molar-refractivity contribution in [3.63, 3.8) is 0 Å². The lowest BCUT2D eigenvalue weighted by molar-refractivity contribution is -0.143. The van der Waals surface area contributed by atoms with Gasteiger partial charge in [-0.1, -0.05) is 45.2 Å². The van der Waals surface area contributed by atoms with Crippen molar-refractivity contribution in [1.82, 2.24) is 9.80 Å². The number of phenols is 1. The van der Waals surface area contributed by atoms with Gasteiger partial charge in [0.05, 0.1) is 6.61 Å². The number of halogens is 1. The largest absolute Gasteiger partial charge is 0.508 e. The fourth-order valence-electron chi connectivity index (χ4n) is 5.94. The van der Waals surface area contributed by atoms with E-state index in [1.807, 2.05) is 19.1 Å². The summed E-state index contributed by atoms with van der Waals surface area (Å²) in [5.41, 5.74) is 1.29. The van der Waals surface area contributed by atoms with Crippen LogP contribution in [-0.2, 0) is 19.7 Å². The number of carbonyl (C=O) groups excluding carboxylic acids is 2. The topological polar surface area (TPSA) is 70.1 Å². The lowest BCUT2D eigenvalue weighted by Crippen LogP contribution is -2.48. The molecule has 1 saturated heterocycles. The molecule has 0 spiro atoms. The molecule has 2 aliphatic rings. The van der Waals surface area contributed by atoms with Crippen LogP contribution in [0.5, 0.6) is 5.75 Å². The van der Waals surface area contributed by atoms with Crippen LogP contribution in [-0.4, -0.2) is 65.6 Å². The molecule has 3 rings (SSSR count). The maximum absolute atomic E-state index is 13.1. The Kier molecular flexibility index (Phi) is 12.5. The predicted molar refractivity (Wildman–Crippen MR) is 147 cm³/mol. The zero-order chi connectivity index (χ0) is 25.3. The molecule has 1 N–H and O–H groups in total. The van der Waals surface area contributed by atoms with Gasteiger partial charge in [0.1, 0.15) is 5.75 Å². The monoisotopic (exact) mass is 522 g/mol. The van der Waals surface area contributed by atoms with Crippen LogP contribution >= 0.6 is 12.4 Å². The van der Waals surface area contributed by atoms with Crippen molar-refractivity contribution in [1.29, 1.82) is 0 Å². The van der Waals surface area contributed by atoms with Crippen molar-refractivity contribution < 1.29 is 19.4 Å². The molecule has 1 aromatic carbocycles. The first kappa shape index (κ1) is 30.4. The first-order valence-corrected chi connectivity index (χ1v) is 13.8. The number of likely N-dealkylation sites (tertiary alicyclic amines) is 1. The van der Waals surface area contributed by atoms with Crippen molar-refractivity contribution in [3.8, 4) is 5.75 Å². The van der Waals surface area contributed by atoms with Gasteiger partial charge in [-0.25, -0.2) is 0 Å². The molecule has 2 unspecified atom stereocenters. The van der Waals surface area contributed by atoms with E-state index >= 15 is 0 Å². The molecule has 6 nitrogen and oxygen atoms in total. The maximum Gasteiger partial charge on any atom is 0.305 e. The van der Waals surface area contributed by atoms with Gasteiger partial charge in [0.2, 0.25) is 5.91 Å². The highest BCUT2D eigenvalue weighted by molar-refractivity contribution is 5.85. The molecule has 204 valence electrons. The van der Waals surface area contributed by atoms with Gasteiger partial charge < -0.3 is 19.6 Å². The van der Waals surface area contributed by atoms with Crippen LogP contribution in [0.4, 0.5) is 0 Å². The van der Waals surface area contributed by atoms with Gasteiger partial charge in [-0.05, 0) is 81.1 Å². The van der Waals surface area contributed by atoms with Crippen LogP contribution in [0.3, 0.4) is 0 Å². The summed E-state index contributed by atoms with van der Waals surface area (Å²) in [6, 6.07) is 8.10. The summed E-state index contributed by atoms with van der Waals surface area (Å²) >= 11 is 0. The SMILES string of the molecule is CCOC(=O)CCCC(=O)N(CCCN1CCC(C)(c2cccc(O)c2)C(C)C1)C1CCCCC1.Cl. The Morgan fingerprint density at radius 3 is 2.58 bits per heavy atom. The fraction of sp³-hybridized carbons (Fsp3) is 0.724. The summed E-state index contributed by atoms with van der Waals surface area (Å²) in [4.78, 5) is 29.5. The maximum atomic E-state index is 13.1. The average molecular weight is 523 g/mol. The Balaban J connectivity index is 0.00000456. The molecule has 1 aliphatic carbocycles. The van der Waals surface area contributed by atoms with Crippen LogP contribution in [0.1, 0.15) is 90.5 Å². The number of rotatable bonds is 11. The Labute approximate surface area is 224 Å². The van der Waals surface area contributed by atoms with Gasteiger partial charge in [0, 0.05) is 32.0 Å². The number of ether oxygens (including phenoxy) is 1. The minimum atomic E-state index is -0.207. The zero-order valence-electron chi connectivity index (χ0n) is 22.5. The second-order valence-corrected chi connectivity index (χ2v) is 10.8. The number of phenolic OH excluding ortho intramolecular Hbond substituents is 1. The Morgan fingerprint density at radius 2 is 1.92 bits per heavy atom. The van der Waals surface area contributed by atoms with Gasteiger partial charge in [-0.2, -0.15) is 0 Å². The van der Waals surface area contributed by atoms with E-state index in [1.54, 1.807) is 6.07 Å². The molecule has 36 heavy (non-hydrogen) atoms. The molecule has 1 saturated carbocycles. The van der Waals surface area contributed by atoms with Crippen molar-refractivity contribution >= 4 is 24.3 Å². The Bertz CT molecular complexity index is 829. The highest BCUT2D eigenvalue weighted by atomic mass is 35.5. The molecule has 1 amide bonds. The molecule has 0 bridgehead atoms. The number of benzene rings is 1. The second kappa shape index (κ2) is 14.8. The molecule has 0 radical (unpaired) electrons. The number of esters is 1. The molecule has 1 aromatic rings. The smallest absolute Gasteiger partial charge is 0.305 e. The van der Waals surface area contributed by atoms with Gasteiger partial charge in [0.25, 0.3) is 0 Å². The highest BCUT2D eigenvalue weighted by Crippen LogP contribution is 2.40. The first-order valence-electron chi connectivity index (χ1n) is 13.8. The normalized spacial score (nSPS) is 23.0. The van der Waals surface area contributed by atoms with Crippen LogP contribution in [0.25, 0.3) is 0 Å². The third-order valence-corrected chi connectivity index (χ3v) is 8.36. The van der Waals surface area contributed by atoms with E-state index in [9.17, 15) is 14.7 Å². The first-order chi connectivity index (χ1) is 16.8. The molecule has 2 fully saturated rings. The number of nitrogens with zero attached hydrogens (tertiary/aromatic N) is 2. The number of aromatic hydroxyl groups is 1. The summed E-state index contributed by atoms with van der Waals surface area (Å²) in [6.45, 7) is 10.7. The lowest BCUT2D eigenvalue weighted by atomic mass is 9.68. The van der Waals surface area contributed by atoms with Gasteiger partial charge in [-0.15, -0.1) is 12.4 Å². The van der Waals surface area contributed by atoms with Crippen LogP contribution in [0.15, 0.2) is 24.3 Å². The van der Waals surface area contributed by atoms with Crippen molar-refractivity contribution in [2.24, 2.45) is 5.92 Å². The summed E-state index contributed by atoms with van der Waals surface area (Å²) in [6.07, 6.45) is 9.25. The van der Waals surface area contributed by atoms with E-state index in [2.05, 4.69) is 29.7 Å². The second-order valence-electron chi connectivity index (χ2n) is 10.8. The predicted octanol–water partition coefficient (Wildman–Crippen LogP) is 5.70.